The van der Waals surface area contributed by atoms with Gasteiger partial charge >= 0.3 is 0 Å². The Balaban J connectivity index is 1.90. The highest BCUT2D eigenvalue weighted by molar-refractivity contribution is 6.01. The lowest BCUT2D eigenvalue weighted by molar-refractivity contribution is 0.326. The van der Waals surface area contributed by atoms with Crippen molar-refractivity contribution in [1.82, 2.24) is 4.90 Å². The molecule has 0 bridgehead atoms. The van der Waals surface area contributed by atoms with Crippen LogP contribution in [0.1, 0.15) is 37.7 Å². The minimum atomic E-state index is 1.01. The van der Waals surface area contributed by atoms with Crippen LogP contribution in [0.15, 0.2) is 41.4 Å². The quantitative estimate of drug-likeness (QED) is 0.802. The molecule has 0 aromatic heterocycles. The van der Waals surface area contributed by atoms with Crippen molar-refractivity contribution in [1.29, 1.82) is 0 Å². The van der Waals surface area contributed by atoms with Crippen molar-refractivity contribution in [3.8, 4) is 0 Å². The zero-order valence-electron chi connectivity index (χ0n) is 11.5. The summed E-state index contributed by atoms with van der Waals surface area (Å²) in [5.41, 5.74) is 3.99. The van der Waals surface area contributed by atoms with Crippen LogP contribution in [0.4, 0.5) is 0 Å². The van der Waals surface area contributed by atoms with Crippen molar-refractivity contribution in [2.75, 3.05) is 19.6 Å². The molecule has 1 fully saturated rings. The summed E-state index contributed by atoms with van der Waals surface area (Å²) in [6.45, 7) is 3.38. The van der Waals surface area contributed by atoms with E-state index in [0.717, 1.165) is 13.0 Å². The molecule has 1 saturated heterocycles. The SMILES string of the molecule is C(/C1=NCCC1)=C(/c1ccccc1)N1CCCCC1. The van der Waals surface area contributed by atoms with Crippen molar-refractivity contribution in [2.24, 2.45) is 4.99 Å². The van der Waals surface area contributed by atoms with E-state index < -0.39 is 0 Å². The minimum Gasteiger partial charge on any atom is -0.371 e. The highest BCUT2D eigenvalue weighted by Gasteiger charge is 2.16. The molecule has 2 aliphatic heterocycles. The van der Waals surface area contributed by atoms with E-state index in [4.69, 9.17) is 0 Å². The smallest absolute Gasteiger partial charge is 0.0457 e. The Hall–Kier alpha value is -1.57. The fraction of sp³-hybridized carbons (Fsp3) is 0.471. The van der Waals surface area contributed by atoms with Crippen molar-refractivity contribution >= 4 is 11.4 Å². The summed E-state index contributed by atoms with van der Waals surface area (Å²) >= 11 is 0. The lowest BCUT2D eigenvalue weighted by Crippen LogP contribution is -2.28. The third-order valence-corrected chi connectivity index (χ3v) is 3.98. The van der Waals surface area contributed by atoms with Crippen LogP contribution in [-0.2, 0) is 0 Å². The predicted molar refractivity (Wildman–Crippen MR) is 81.4 cm³/mol. The molecule has 2 heterocycles. The van der Waals surface area contributed by atoms with Crippen LogP contribution in [0.25, 0.3) is 5.70 Å². The Bertz CT molecular complexity index is 467. The predicted octanol–water partition coefficient (Wildman–Crippen LogP) is 3.75. The second-order valence-corrected chi connectivity index (χ2v) is 5.42. The maximum Gasteiger partial charge on any atom is 0.0457 e. The first kappa shape index (κ1) is 12.5. The van der Waals surface area contributed by atoms with E-state index >= 15 is 0 Å². The molecule has 2 aliphatic rings. The molecule has 2 heteroatoms. The first-order valence-electron chi connectivity index (χ1n) is 7.49. The number of rotatable bonds is 3. The molecule has 0 aliphatic carbocycles. The molecule has 1 aromatic carbocycles. The second kappa shape index (κ2) is 6.05. The van der Waals surface area contributed by atoms with Crippen molar-refractivity contribution < 1.29 is 0 Å². The number of aliphatic imine (C=N–C) groups is 1. The molecule has 2 nitrogen and oxygen atoms in total. The van der Waals surface area contributed by atoms with Gasteiger partial charge < -0.3 is 4.90 Å². The molecule has 0 radical (unpaired) electrons. The largest absolute Gasteiger partial charge is 0.371 e. The third kappa shape index (κ3) is 3.06. The van der Waals surface area contributed by atoms with E-state index in [9.17, 15) is 0 Å². The van der Waals surface area contributed by atoms with Gasteiger partial charge in [0.1, 0.15) is 0 Å². The van der Waals surface area contributed by atoms with Crippen molar-refractivity contribution in [3.63, 3.8) is 0 Å². The molecular weight excluding hydrogens is 232 g/mol. The van der Waals surface area contributed by atoms with Gasteiger partial charge in [-0.2, -0.15) is 0 Å². The molecule has 0 saturated carbocycles. The molecule has 19 heavy (non-hydrogen) atoms. The van der Waals surface area contributed by atoms with Gasteiger partial charge in [-0.3, -0.25) is 4.99 Å². The molecule has 0 spiro atoms. The fourth-order valence-corrected chi connectivity index (χ4v) is 2.94. The summed E-state index contributed by atoms with van der Waals surface area (Å²) in [5.74, 6) is 0. The minimum absolute atomic E-state index is 1.01. The van der Waals surface area contributed by atoms with Crippen LogP contribution in [0.5, 0.6) is 0 Å². The first-order chi connectivity index (χ1) is 9.43. The summed E-state index contributed by atoms with van der Waals surface area (Å²) in [6.07, 6.45) is 8.69. The molecule has 0 amide bonds. The number of hydrogen-bond donors (Lipinski definition) is 0. The molecule has 1 aromatic rings. The summed E-state index contributed by atoms with van der Waals surface area (Å²) in [4.78, 5) is 7.15. The first-order valence-corrected chi connectivity index (χ1v) is 7.49. The van der Waals surface area contributed by atoms with Gasteiger partial charge in [0.05, 0.1) is 0 Å². The van der Waals surface area contributed by atoms with Crippen molar-refractivity contribution in [3.05, 3.63) is 42.0 Å². The normalized spacial score (nSPS) is 20.5. The lowest BCUT2D eigenvalue weighted by atomic mass is 10.0. The Kier molecular flexibility index (Phi) is 3.97. The van der Waals surface area contributed by atoms with E-state index in [1.54, 1.807) is 0 Å². The van der Waals surface area contributed by atoms with E-state index in [0.29, 0.717) is 0 Å². The van der Waals surface area contributed by atoms with Gasteiger partial charge in [-0.1, -0.05) is 30.3 Å². The highest BCUT2D eigenvalue weighted by Crippen LogP contribution is 2.24. The average Bonchev–Trinajstić information content (AvgIpc) is 3.00. The summed E-state index contributed by atoms with van der Waals surface area (Å²) in [5, 5.41) is 0. The van der Waals surface area contributed by atoms with Crippen LogP contribution in [0, 0.1) is 0 Å². The lowest BCUT2D eigenvalue weighted by Gasteiger charge is -2.31. The Morgan fingerprint density at radius 1 is 1.00 bits per heavy atom. The molecule has 3 rings (SSSR count). The number of likely N-dealkylation sites (tertiary alicyclic amines) is 1. The average molecular weight is 254 g/mol. The van der Waals surface area contributed by atoms with Crippen molar-refractivity contribution in [2.45, 2.75) is 32.1 Å². The third-order valence-electron chi connectivity index (χ3n) is 3.98. The monoisotopic (exact) mass is 254 g/mol. The number of nitrogens with zero attached hydrogens (tertiary/aromatic N) is 2. The van der Waals surface area contributed by atoms with Gasteiger partial charge in [0.15, 0.2) is 0 Å². The molecule has 0 atom stereocenters. The van der Waals surface area contributed by atoms with Gasteiger partial charge in [0, 0.05) is 31.0 Å². The maximum absolute atomic E-state index is 4.61. The maximum atomic E-state index is 4.61. The highest BCUT2D eigenvalue weighted by atomic mass is 15.1. The zero-order chi connectivity index (χ0) is 12.9. The van der Waals surface area contributed by atoms with Gasteiger partial charge in [-0.05, 0) is 43.7 Å². The second-order valence-electron chi connectivity index (χ2n) is 5.42. The number of piperidine rings is 1. The van der Waals surface area contributed by atoms with E-state index in [-0.39, 0.29) is 0 Å². The number of benzene rings is 1. The Morgan fingerprint density at radius 2 is 1.79 bits per heavy atom. The summed E-state index contributed by atoms with van der Waals surface area (Å²) < 4.78 is 0. The van der Waals surface area contributed by atoms with Crippen LogP contribution in [0.2, 0.25) is 0 Å². The molecular formula is C17H22N2. The summed E-state index contributed by atoms with van der Waals surface area (Å²) in [6, 6.07) is 10.8. The van der Waals surface area contributed by atoms with Gasteiger partial charge in [-0.15, -0.1) is 0 Å². The van der Waals surface area contributed by atoms with Gasteiger partial charge in [-0.25, -0.2) is 0 Å². The number of hydrogen-bond acceptors (Lipinski definition) is 2. The van der Waals surface area contributed by atoms with Gasteiger partial charge in [0.25, 0.3) is 0 Å². The van der Waals surface area contributed by atoms with Crippen LogP contribution in [-0.4, -0.2) is 30.2 Å². The number of allylic oxidation sites excluding steroid dienone is 1. The fourth-order valence-electron chi connectivity index (χ4n) is 2.94. The topological polar surface area (TPSA) is 15.6 Å². The van der Waals surface area contributed by atoms with E-state index in [1.165, 1.54) is 55.7 Å². The van der Waals surface area contributed by atoms with Gasteiger partial charge in [0.2, 0.25) is 0 Å². The Morgan fingerprint density at radius 3 is 2.47 bits per heavy atom. The Labute approximate surface area is 115 Å². The van der Waals surface area contributed by atoms with Crippen LogP contribution < -0.4 is 0 Å². The molecule has 0 N–H and O–H groups in total. The summed E-state index contributed by atoms with van der Waals surface area (Å²) in [7, 11) is 0. The van der Waals surface area contributed by atoms with E-state index in [2.05, 4.69) is 46.3 Å². The van der Waals surface area contributed by atoms with E-state index in [1.807, 2.05) is 0 Å². The zero-order valence-corrected chi connectivity index (χ0v) is 11.5. The molecule has 100 valence electrons. The van der Waals surface area contributed by atoms with Crippen LogP contribution in [0.3, 0.4) is 0 Å². The molecule has 0 unspecified atom stereocenters. The standard InChI is InChI=1S/C17H22N2/c1-3-8-15(9-4-1)17(14-16-10-7-11-18-16)19-12-5-2-6-13-19/h1,3-4,8-9,14H,2,5-7,10-13H2/b17-14+. The van der Waals surface area contributed by atoms with Crippen LogP contribution >= 0.6 is 0 Å².